The summed E-state index contributed by atoms with van der Waals surface area (Å²) in [4.78, 5) is 0. The molecule has 0 saturated carbocycles. The third kappa shape index (κ3) is 2.74. The van der Waals surface area contributed by atoms with Crippen molar-refractivity contribution in [3.63, 3.8) is 0 Å². The average molecular weight is 297 g/mol. The highest BCUT2D eigenvalue weighted by molar-refractivity contribution is 7.94. The van der Waals surface area contributed by atoms with Crippen molar-refractivity contribution in [1.82, 2.24) is 0 Å². The van der Waals surface area contributed by atoms with Crippen LogP contribution in [0.25, 0.3) is 0 Å². The molecule has 0 aliphatic heterocycles. The molecule has 0 aliphatic rings. The number of thiophene rings is 1. The van der Waals surface area contributed by atoms with E-state index in [1.807, 2.05) is 13.0 Å². The molecule has 102 valence electrons. The Hall–Kier alpha value is -1.53. The van der Waals surface area contributed by atoms with Crippen LogP contribution in [-0.4, -0.2) is 22.1 Å². The highest BCUT2D eigenvalue weighted by Gasteiger charge is 2.24. The van der Waals surface area contributed by atoms with Gasteiger partial charge in [-0.2, -0.15) is 0 Å². The molecule has 1 aromatic carbocycles. The third-order valence-corrected chi connectivity index (χ3v) is 5.76. The van der Waals surface area contributed by atoms with E-state index in [1.54, 1.807) is 35.7 Å². The van der Waals surface area contributed by atoms with Crippen LogP contribution in [0.2, 0.25) is 0 Å². The van der Waals surface area contributed by atoms with Gasteiger partial charge in [-0.1, -0.05) is 18.2 Å². The number of hydrogen-bond acceptors (Lipinski definition) is 4. The maximum Gasteiger partial charge on any atom is 0.273 e. The van der Waals surface area contributed by atoms with Crippen molar-refractivity contribution in [1.29, 1.82) is 0 Å². The van der Waals surface area contributed by atoms with Gasteiger partial charge in [0.15, 0.2) is 0 Å². The molecular formula is C13H15NO3S2. The van der Waals surface area contributed by atoms with E-state index >= 15 is 0 Å². The van der Waals surface area contributed by atoms with Gasteiger partial charge in [0.1, 0.15) is 9.96 Å². The Morgan fingerprint density at radius 2 is 1.95 bits per heavy atom. The number of hydrogen-bond donors (Lipinski definition) is 0. The molecule has 0 atom stereocenters. The molecule has 0 unspecified atom stereocenters. The van der Waals surface area contributed by atoms with Crippen LogP contribution in [0, 0.1) is 0 Å². The van der Waals surface area contributed by atoms with Gasteiger partial charge in [0, 0.05) is 7.05 Å². The van der Waals surface area contributed by atoms with Crippen molar-refractivity contribution in [3.8, 4) is 5.75 Å². The summed E-state index contributed by atoms with van der Waals surface area (Å²) >= 11 is 1.20. The molecule has 2 rings (SSSR count). The Bertz CT molecular complexity index is 636. The smallest absolute Gasteiger partial charge is 0.273 e. The van der Waals surface area contributed by atoms with E-state index in [-0.39, 0.29) is 0 Å². The molecule has 6 heteroatoms. The molecule has 0 fully saturated rings. The molecule has 0 aliphatic carbocycles. The predicted molar refractivity (Wildman–Crippen MR) is 77.5 cm³/mol. The second kappa shape index (κ2) is 5.63. The maximum atomic E-state index is 12.4. The van der Waals surface area contributed by atoms with Crippen LogP contribution >= 0.6 is 11.3 Å². The van der Waals surface area contributed by atoms with Crippen LogP contribution in [0.5, 0.6) is 5.75 Å². The van der Waals surface area contributed by atoms with Gasteiger partial charge >= 0.3 is 0 Å². The van der Waals surface area contributed by atoms with Gasteiger partial charge in [-0.05, 0) is 30.5 Å². The van der Waals surface area contributed by atoms with E-state index in [9.17, 15) is 8.42 Å². The van der Waals surface area contributed by atoms with Crippen LogP contribution < -0.4 is 9.04 Å². The molecule has 1 heterocycles. The zero-order chi connectivity index (χ0) is 13.9. The van der Waals surface area contributed by atoms with Crippen molar-refractivity contribution in [3.05, 3.63) is 41.8 Å². The average Bonchev–Trinajstić information content (AvgIpc) is 2.93. The zero-order valence-electron chi connectivity index (χ0n) is 10.7. The molecule has 1 aromatic heterocycles. The Balaban J connectivity index is 2.42. The molecule has 0 saturated heterocycles. The summed E-state index contributed by atoms with van der Waals surface area (Å²) < 4.78 is 31.9. The van der Waals surface area contributed by atoms with E-state index in [0.29, 0.717) is 22.3 Å². The molecule has 0 bridgehead atoms. The molecule has 0 N–H and O–H groups in total. The third-order valence-electron chi connectivity index (χ3n) is 2.61. The standard InChI is InChI=1S/C13H15NO3S2/c1-3-17-12-8-5-4-7-11(12)14(2)19(15,16)13-9-6-10-18-13/h4-10H,3H2,1-2H3. The Morgan fingerprint density at radius 3 is 2.58 bits per heavy atom. The molecule has 0 radical (unpaired) electrons. The number of para-hydroxylation sites is 2. The van der Waals surface area contributed by atoms with E-state index < -0.39 is 10.0 Å². The Morgan fingerprint density at radius 1 is 1.21 bits per heavy atom. The number of benzene rings is 1. The zero-order valence-corrected chi connectivity index (χ0v) is 12.4. The van der Waals surface area contributed by atoms with Gasteiger partial charge in [-0.25, -0.2) is 8.42 Å². The van der Waals surface area contributed by atoms with Crippen LogP contribution in [0.15, 0.2) is 46.0 Å². The normalized spacial score (nSPS) is 11.3. The summed E-state index contributed by atoms with van der Waals surface area (Å²) in [5.41, 5.74) is 0.540. The lowest BCUT2D eigenvalue weighted by Crippen LogP contribution is -2.26. The summed E-state index contributed by atoms with van der Waals surface area (Å²) in [5.74, 6) is 0.563. The molecule has 2 aromatic rings. The fourth-order valence-corrected chi connectivity index (χ4v) is 4.04. The van der Waals surface area contributed by atoms with Crippen molar-refractivity contribution in [2.24, 2.45) is 0 Å². The van der Waals surface area contributed by atoms with Crippen molar-refractivity contribution in [2.45, 2.75) is 11.1 Å². The fourth-order valence-electron chi connectivity index (χ4n) is 1.67. The molecule has 4 nitrogen and oxygen atoms in total. The van der Waals surface area contributed by atoms with Gasteiger partial charge in [-0.15, -0.1) is 11.3 Å². The van der Waals surface area contributed by atoms with E-state index in [1.165, 1.54) is 22.7 Å². The molecular weight excluding hydrogens is 282 g/mol. The van der Waals surface area contributed by atoms with Crippen LogP contribution in [0.3, 0.4) is 0 Å². The lowest BCUT2D eigenvalue weighted by atomic mass is 10.3. The molecule has 19 heavy (non-hydrogen) atoms. The minimum atomic E-state index is -3.52. The minimum absolute atomic E-state index is 0.321. The number of sulfonamides is 1. The Kier molecular flexibility index (Phi) is 4.11. The van der Waals surface area contributed by atoms with Crippen molar-refractivity contribution < 1.29 is 13.2 Å². The number of rotatable bonds is 5. The fraction of sp³-hybridized carbons (Fsp3) is 0.231. The predicted octanol–water partition coefficient (Wildman–Crippen LogP) is 2.97. The van der Waals surface area contributed by atoms with Gasteiger partial charge in [0.25, 0.3) is 10.0 Å². The van der Waals surface area contributed by atoms with Crippen LogP contribution in [0.4, 0.5) is 5.69 Å². The highest BCUT2D eigenvalue weighted by Crippen LogP contribution is 2.32. The van der Waals surface area contributed by atoms with Crippen LogP contribution in [0.1, 0.15) is 6.92 Å². The lowest BCUT2D eigenvalue weighted by Gasteiger charge is -2.21. The molecule has 0 spiro atoms. The number of nitrogens with zero attached hydrogens (tertiary/aromatic N) is 1. The Labute approximate surface area is 117 Å². The monoisotopic (exact) mass is 297 g/mol. The van der Waals surface area contributed by atoms with E-state index in [4.69, 9.17) is 4.74 Å². The topological polar surface area (TPSA) is 46.6 Å². The summed E-state index contributed by atoms with van der Waals surface area (Å²) in [7, 11) is -1.98. The lowest BCUT2D eigenvalue weighted by molar-refractivity contribution is 0.341. The van der Waals surface area contributed by atoms with Gasteiger partial charge in [0.05, 0.1) is 12.3 Å². The first kappa shape index (κ1) is 13.9. The quantitative estimate of drug-likeness (QED) is 0.852. The largest absolute Gasteiger partial charge is 0.492 e. The summed E-state index contributed by atoms with van der Waals surface area (Å²) in [6, 6.07) is 10.4. The molecule has 0 amide bonds. The van der Waals surface area contributed by atoms with E-state index in [2.05, 4.69) is 0 Å². The first-order chi connectivity index (χ1) is 9.07. The van der Waals surface area contributed by atoms with Crippen molar-refractivity contribution in [2.75, 3.05) is 18.0 Å². The first-order valence-electron chi connectivity index (χ1n) is 5.81. The van der Waals surface area contributed by atoms with Gasteiger partial charge < -0.3 is 4.74 Å². The second-order valence-corrected chi connectivity index (χ2v) is 6.95. The maximum absolute atomic E-state index is 12.4. The van der Waals surface area contributed by atoms with Crippen LogP contribution in [-0.2, 0) is 10.0 Å². The SMILES string of the molecule is CCOc1ccccc1N(C)S(=O)(=O)c1cccs1. The van der Waals surface area contributed by atoms with Crippen molar-refractivity contribution >= 4 is 27.0 Å². The van der Waals surface area contributed by atoms with Gasteiger partial charge in [0.2, 0.25) is 0 Å². The first-order valence-corrected chi connectivity index (χ1v) is 8.13. The van der Waals surface area contributed by atoms with E-state index in [0.717, 1.165) is 0 Å². The number of anilines is 1. The number of ether oxygens (including phenoxy) is 1. The summed E-state index contributed by atoms with van der Waals surface area (Å²) in [5, 5.41) is 1.75. The minimum Gasteiger partial charge on any atom is -0.492 e. The van der Waals surface area contributed by atoms with Gasteiger partial charge in [-0.3, -0.25) is 4.31 Å². The summed E-state index contributed by atoms with van der Waals surface area (Å²) in [6.07, 6.45) is 0. The second-order valence-electron chi connectivity index (χ2n) is 3.81. The summed E-state index contributed by atoms with van der Waals surface area (Å²) in [6.45, 7) is 2.36. The highest BCUT2D eigenvalue weighted by atomic mass is 32.2.